The summed E-state index contributed by atoms with van der Waals surface area (Å²) in [5, 5.41) is 0. The molecule has 12 aliphatic rings. The molecule has 1 aliphatic carbocycles. The Balaban J connectivity index is 0.000000102. The van der Waals surface area contributed by atoms with Gasteiger partial charge in [0, 0.05) is 17.8 Å². The van der Waals surface area contributed by atoms with E-state index in [0.717, 1.165) is 42.8 Å². The van der Waals surface area contributed by atoms with Gasteiger partial charge in [0.1, 0.15) is 13.1 Å². The molecule has 8 bridgehead atoms. The molecule has 6 nitrogen and oxygen atoms in total. The Morgan fingerprint density at radius 2 is 0.775 bits per heavy atom. The number of rotatable bonds is 0. The molecule has 6 heteroatoms. The van der Waals surface area contributed by atoms with Gasteiger partial charge in [-0.25, -0.2) is 0 Å². The van der Waals surface area contributed by atoms with Crippen LogP contribution in [0.5, 0.6) is 0 Å². The maximum atomic E-state index is 5.12. The van der Waals surface area contributed by atoms with E-state index >= 15 is 0 Å². The zero-order chi connectivity index (χ0) is 27.6. The molecule has 0 unspecified atom stereocenters. The van der Waals surface area contributed by atoms with Crippen molar-refractivity contribution in [1.82, 2.24) is 0 Å². The fraction of sp³-hybridized carbons (Fsp3) is 1.00. The highest BCUT2D eigenvalue weighted by molar-refractivity contribution is 4.84. The number of ether oxygens (including phenoxy) is 1. The third-order valence-corrected chi connectivity index (χ3v) is 12.2. The van der Waals surface area contributed by atoms with Crippen molar-refractivity contribution in [2.45, 2.75) is 77.0 Å². The van der Waals surface area contributed by atoms with Crippen LogP contribution >= 0.6 is 0 Å². The van der Waals surface area contributed by atoms with Crippen molar-refractivity contribution >= 4 is 0 Å². The van der Waals surface area contributed by atoms with Crippen LogP contribution in [0.2, 0.25) is 0 Å². The molecule has 11 saturated heterocycles. The van der Waals surface area contributed by atoms with Gasteiger partial charge in [-0.3, -0.25) is 0 Å². The van der Waals surface area contributed by atoms with Crippen LogP contribution in [0.3, 0.4) is 0 Å². The Kier molecular flexibility index (Phi) is 12.9. The average Bonchev–Trinajstić information content (AvgIpc) is 3.01. The first kappa shape index (κ1) is 31.2. The molecule has 0 atom stereocenters. The van der Waals surface area contributed by atoms with E-state index in [2.05, 4.69) is 14.1 Å². The van der Waals surface area contributed by atoms with E-state index in [1.54, 1.807) is 29.1 Å². The molecule has 12 rings (SSSR count). The van der Waals surface area contributed by atoms with Crippen LogP contribution in [0.25, 0.3) is 0 Å². The van der Waals surface area contributed by atoms with E-state index in [4.69, 9.17) is 4.74 Å². The summed E-state index contributed by atoms with van der Waals surface area (Å²) in [4.78, 5) is 8.97. The van der Waals surface area contributed by atoms with E-state index in [0.29, 0.717) is 0 Å². The van der Waals surface area contributed by atoms with Crippen LogP contribution in [0.1, 0.15) is 77.0 Å². The second-order valence-electron chi connectivity index (χ2n) is 15.7. The lowest BCUT2D eigenvalue weighted by atomic mass is 9.68. The lowest BCUT2D eigenvalue weighted by Gasteiger charge is -2.48. The first-order chi connectivity index (χ1) is 19.6. The highest BCUT2D eigenvalue weighted by Crippen LogP contribution is 2.36. The van der Waals surface area contributed by atoms with Gasteiger partial charge in [0.15, 0.2) is 0 Å². The van der Waals surface area contributed by atoms with Gasteiger partial charge in [-0.15, -0.1) is 0 Å². The van der Waals surface area contributed by atoms with Gasteiger partial charge >= 0.3 is 0 Å². The Morgan fingerprint density at radius 3 is 0.975 bits per heavy atom. The topological polar surface area (TPSA) is 31.4 Å². The Labute approximate surface area is 248 Å². The van der Waals surface area contributed by atoms with Gasteiger partial charge in [0.05, 0.1) is 99.3 Å². The van der Waals surface area contributed by atoms with E-state index in [-0.39, 0.29) is 0 Å². The minimum Gasteiger partial charge on any atom is -0.370 e. The maximum absolute atomic E-state index is 5.12. The van der Waals surface area contributed by atoms with Crippen LogP contribution in [-0.4, -0.2) is 112 Å². The van der Waals surface area contributed by atoms with E-state index in [9.17, 15) is 0 Å². The predicted octanol–water partition coefficient (Wildman–Crippen LogP) is -2.48. The quantitative estimate of drug-likeness (QED) is 0.222. The molecule has 40 heavy (non-hydrogen) atoms. The van der Waals surface area contributed by atoms with Crippen molar-refractivity contribution < 1.29 is 29.2 Å². The molecule has 232 valence electrons. The SMILES string of the molecule is C1C2CC3CC1C[NH+](C2)C3.C1C[NH+]2CCC1CC2.C1C[NH+]2CCC1CC2.C[NH+]1CCCCC1.C[NH+]1CCOCC1. The number of piperidine rings is 10. The Morgan fingerprint density at radius 1 is 0.400 bits per heavy atom. The summed E-state index contributed by atoms with van der Waals surface area (Å²) in [6.07, 6.45) is 18.3. The molecule has 1 saturated carbocycles. The zero-order valence-corrected chi connectivity index (χ0v) is 26.9. The molecule has 0 aromatic heterocycles. The number of morpholine rings is 1. The Hall–Kier alpha value is -0.240. The summed E-state index contributed by atoms with van der Waals surface area (Å²) in [5.74, 6) is 5.68. The largest absolute Gasteiger partial charge is 0.370 e. The highest BCUT2D eigenvalue weighted by Gasteiger charge is 2.43. The number of hydrogen-bond acceptors (Lipinski definition) is 1. The summed E-state index contributed by atoms with van der Waals surface area (Å²) in [7, 11) is 4.47. The van der Waals surface area contributed by atoms with Gasteiger partial charge in [-0.05, 0) is 88.9 Å². The van der Waals surface area contributed by atoms with E-state index < -0.39 is 0 Å². The summed E-state index contributed by atoms with van der Waals surface area (Å²) < 4.78 is 5.12. The van der Waals surface area contributed by atoms with Gasteiger partial charge in [0.25, 0.3) is 0 Å². The lowest BCUT2D eigenvalue weighted by Crippen LogP contribution is -3.17. The number of quaternary nitrogens is 5. The second-order valence-corrected chi connectivity index (χ2v) is 15.7. The molecule has 0 radical (unpaired) electrons. The molecular formula is C34H70N5O+5. The summed E-state index contributed by atoms with van der Waals surface area (Å²) >= 11 is 0. The molecule has 11 heterocycles. The minimum atomic E-state index is 0.950. The number of hydrogen-bond donors (Lipinski definition) is 5. The smallest absolute Gasteiger partial charge is 0.101 e. The first-order valence-electron chi connectivity index (χ1n) is 18.3. The van der Waals surface area contributed by atoms with Gasteiger partial charge < -0.3 is 29.2 Å². The van der Waals surface area contributed by atoms with Crippen LogP contribution in [0.15, 0.2) is 0 Å². The minimum absolute atomic E-state index is 0.950. The normalized spacial score (nSPS) is 41.2. The third-order valence-electron chi connectivity index (χ3n) is 12.2. The standard InChI is InChI=1S/C9H15N.2C7H13N.C6H13N.C5H11NO/c1-7-2-9-3-8(1)5-10(4-7)6-9;2*1-4-8-5-2-7(1)3-6-8;1-7-5-3-2-4-6-7;1-6-2-4-7-5-3-6/h7-9H,1-6H2;2*7H,1-6H2;2-6H2,1H3;2-5H2,1H3/p+5. The van der Waals surface area contributed by atoms with E-state index in [1.165, 1.54) is 143 Å². The van der Waals surface area contributed by atoms with Crippen LogP contribution in [0.4, 0.5) is 0 Å². The molecule has 11 aliphatic heterocycles. The van der Waals surface area contributed by atoms with Crippen LogP contribution < -0.4 is 24.5 Å². The fourth-order valence-corrected chi connectivity index (χ4v) is 9.62. The molecule has 5 N–H and O–H groups in total. The molecular weight excluding hydrogens is 494 g/mol. The van der Waals surface area contributed by atoms with Crippen molar-refractivity contribution in [3.63, 3.8) is 0 Å². The van der Waals surface area contributed by atoms with Crippen LogP contribution in [0, 0.1) is 29.6 Å². The summed E-state index contributed by atoms with van der Waals surface area (Å²) in [6, 6.07) is 0. The molecule has 0 amide bonds. The average molecular weight is 565 g/mol. The summed E-state index contributed by atoms with van der Waals surface area (Å²) in [6.45, 7) is 20.5. The molecule has 0 aromatic carbocycles. The van der Waals surface area contributed by atoms with Crippen molar-refractivity contribution in [3.05, 3.63) is 0 Å². The molecule has 12 fully saturated rings. The van der Waals surface area contributed by atoms with E-state index in [1.807, 2.05) is 14.7 Å². The number of nitrogens with one attached hydrogen (secondary N) is 5. The van der Waals surface area contributed by atoms with Gasteiger partial charge in [0.2, 0.25) is 0 Å². The maximum Gasteiger partial charge on any atom is 0.101 e. The zero-order valence-electron chi connectivity index (χ0n) is 26.9. The molecule has 0 spiro atoms. The van der Waals surface area contributed by atoms with Crippen molar-refractivity contribution in [3.8, 4) is 0 Å². The highest BCUT2D eigenvalue weighted by atomic mass is 16.5. The fourth-order valence-electron chi connectivity index (χ4n) is 9.62. The monoisotopic (exact) mass is 565 g/mol. The first-order valence-corrected chi connectivity index (χ1v) is 18.3. The number of likely N-dealkylation sites (tertiary alicyclic amines) is 1. The lowest BCUT2D eigenvalue weighted by molar-refractivity contribution is -0.929. The van der Waals surface area contributed by atoms with Crippen molar-refractivity contribution in [2.24, 2.45) is 29.6 Å². The predicted molar refractivity (Wildman–Crippen MR) is 164 cm³/mol. The molecule has 0 aromatic rings. The second kappa shape index (κ2) is 16.6. The van der Waals surface area contributed by atoms with Crippen LogP contribution in [-0.2, 0) is 4.74 Å². The number of likely N-dealkylation sites (N-methyl/N-ethyl adjacent to an activating group) is 1. The third kappa shape index (κ3) is 10.5. The van der Waals surface area contributed by atoms with Gasteiger partial charge in [-0.2, -0.15) is 0 Å². The number of fused-ring (bicyclic) bond motifs is 6. The van der Waals surface area contributed by atoms with Crippen molar-refractivity contribution in [2.75, 3.05) is 112 Å². The van der Waals surface area contributed by atoms with Crippen molar-refractivity contribution in [1.29, 1.82) is 0 Å². The summed E-state index contributed by atoms with van der Waals surface area (Å²) in [5.41, 5.74) is 0. The Bertz CT molecular complexity index is 535. The van der Waals surface area contributed by atoms with Gasteiger partial charge in [-0.1, -0.05) is 0 Å².